The van der Waals surface area contributed by atoms with Crippen LogP contribution in [0.15, 0.2) is 52.9 Å². The van der Waals surface area contributed by atoms with Crippen LogP contribution in [-0.4, -0.2) is 17.1 Å². The Morgan fingerprint density at radius 1 is 1.17 bits per heavy atom. The number of hydrogen-bond donors (Lipinski definition) is 2. The summed E-state index contributed by atoms with van der Waals surface area (Å²) in [5.41, 5.74) is 1.70. The first-order valence-electron chi connectivity index (χ1n) is 7.05. The number of non-ortho nitro benzene ring substituents is 1. The molecule has 0 unspecified atom stereocenters. The van der Waals surface area contributed by atoms with Crippen molar-refractivity contribution in [3.8, 4) is 28.2 Å². The molecule has 0 fully saturated rings. The first-order valence-corrected chi connectivity index (χ1v) is 8.13. The minimum atomic E-state index is -0.483. The molecule has 0 aliphatic carbocycles. The number of anilines is 1. The quantitative estimate of drug-likeness (QED) is 0.346. The molecule has 6 nitrogen and oxygen atoms in total. The summed E-state index contributed by atoms with van der Waals surface area (Å²) in [7, 11) is 1.69. The summed E-state index contributed by atoms with van der Waals surface area (Å²) in [5.74, 6) is 0.537. The van der Waals surface area contributed by atoms with Gasteiger partial charge in [0.1, 0.15) is 0 Å². The van der Waals surface area contributed by atoms with E-state index in [4.69, 9.17) is 4.42 Å². The van der Waals surface area contributed by atoms with Crippen molar-refractivity contribution in [3.63, 3.8) is 0 Å². The molecule has 0 amide bonds. The zero-order chi connectivity index (χ0) is 17.3. The van der Waals surface area contributed by atoms with E-state index in [0.717, 1.165) is 9.13 Å². The van der Waals surface area contributed by atoms with Crippen molar-refractivity contribution < 1.29 is 14.4 Å². The minimum absolute atomic E-state index is 0.0538. The van der Waals surface area contributed by atoms with Crippen molar-refractivity contribution in [3.05, 3.63) is 62.2 Å². The number of nitro groups is 1. The number of nitro benzene ring substituents is 1. The Morgan fingerprint density at radius 2 is 1.88 bits per heavy atom. The van der Waals surface area contributed by atoms with Gasteiger partial charge in [-0.25, -0.2) is 0 Å². The van der Waals surface area contributed by atoms with E-state index in [1.165, 1.54) is 12.1 Å². The van der Waals surface area contributed by atoms with Gasteiger partial charge in [0, 0.05) is 28.3 Å². The number of benzene rings is 2. The van der Waals surface area contributed by atoms with E-state index < -0.39 is 4.92 Å². The standard InChI is InChI=1S/C17H13IN2O4/c1-19-17-14(10-4-2-6-12(18)8-10)15(21)16(24-17)11-5-3-7-13(9-11)20(22)23/h2-9,19,21H,1H3. The second-order valence-electron chi connectivity index (χ2n) is 5.05. The summed E-state index contributed by atoms with van der Waals surface area (Å²) in [6.07, 6.45) is 0. The van der Waals surface area contributed by atoms with Gasteiger partial charge in [0.2, 0.25) is 5.88 Å². The third-order valence-corrected chi connectivity index (χ3v) is 4.21. The summed E-state index contributed by atoms with van der Waals surface area (Å²) >= 11 is 2.19. The Balaban J connectivity index is 2.18. The van der Waals surface area contributed by atoms with Gasteiger partial charge in [0.05, 0.1) is 10.5 Å². The zero-order valence-corrected chi connectivity index (χ0v) is 14.8. The summed E-state index contributed by atoms with van der Waals surface area (Å²) in [6.45, 7) is 0. The number of halogens is 1. The molecule has 0 saturated carbocycles. The van der Waals surface area contributed by atoms with Crippen LogP contribution in [0.4, 0.5) is 11.6 Å². The van der Waals surface area contributed by atoms with Crippen LogP contribution in [0, 0.1) is 13.7 Å². The summed E-state index contributed by atoms with van der Waals surface area (Å²) < 4.78 is 6.74. The Labute approximate surface area is 151 Å². The van der Waals surface area contributed by atoms with Crippen molar-refractivity contribution >= 4 is 34.2 Å². The van der Waals surface area contributed by atoms with Gasteiger partial charge in [-0.05, 0) is 40.3 Å². The first kappa shape index (κ1) is 16.3. The lowest BCUT2D eigenvalue weighted by Crippen LogP contribution is -1.88. The fourth-order valence-corrected chi connectivity index (χ4v) is 3.01. The lowest BCUT2D eigenvalue weighted by molar-refractivity contribution is -0.384. The van der Waals surface area contributed by atoms with Crippen LogP contribution in [0.2, 0.25) is 0 Å². The molecule has 0 aliphatic heterocycles. The zero-order valence-electron chi connectivity index (χ0n) is 12.6. The molecular formula is C17H13IN2O4. The van der Waals surface area contributed by atoms with E-state index >= 15 is 0 Å². The molecule has 1 aromatic heterocycles. The number of nitrogens with zero attached hydrogens (tertiary/aromatic N) is 1. The Kier molecular flexibility index (Phi) is 4.43. The van der Waals surface area contributed by atoms with Gasteiger partial charge in [0.25, 0.3) is 5.69 Å². The molecule has 3 aromatic rings. The fraction of sp³-hybridized carbons (Fsp3) is 0.0588. The molecule has 0 radical (unpaired) electrons. The van der Waals surface area contributed by atoms with Crippen LogP contribution >= 0.6 is 22.6 Å². The van der Waals surface area contributed by atoms with E-state index in [1.807, 2.05) is 24.3 Å². The number of nitrogens with one attached hydrogen (secondary N) is 1. The predicted octanol–water partition coefficient (Wildman–Crippen LogP) is 4.87. The second kappa shape index (κ2) is 6.52. The SMILES string of the molecule is CNc1oc(-c2cccc([N+](=O)[O-])c2)c(O)c1-c1cccc(I)c1. The highest BCUT2D eigenvalue weighted by Gasteiger charge is 2.23. The molecule has 0 bridgehead atoms. The molecular weight excluding hydrogens is 423 g/mol. The maximum Gasteiger partial charge on any atom is 0.270 e. The van der Waals surface area contributed by atoms with Crippen LogP contribution in [0.25, 0.3) is 22.5 Å². The third kappa shape index (κ3) is 2.94. The molecule has 24 heavy (non-hydrogen) atoms. The van der Waals surface area contributed by atoms with Gasteiger partial charge in [0.15, 0.2) is 11.5 Å². The van der Waals surface area contributed by atoms with Crippen LogP contribution in [0.1, 0.15) is 0 Å². The maximum atomic E-state index is 11.0. The van der Waals surface area contributed by atoms with Crippen LogP contribution < -0.4 is 5.32 Å². The van der Waals surface area contributed by atoms with Gasteiger partial charge < -0.3 is 14.8 Å². The van der Waals surface area contributed by atoms with E-state index in [-0.39, 0.29) is 17.2 Å². The molecule has 1 heterocycles. The molecule has 7 heteroatoms. The Hall–Kier alpha value is -2.55. The highest BCUT2D eigenvalue weighted by Crippen LogP contribution is 2.46. The molecule has 122 valence electrons. The van der Waals surface area contributed by atoms with E-state index in [2.05, 4.69) is 27.9 Å². The molecule has 0 saturated heterocycles. The monoisotopic (exact) mass is 436 g/mol. The van der Waals surface area contributed by atoms with Crippen LogP contribution in [0.3, 0.4) is 0 Å². The molecule has 2 N–H and O–H groups in total. The largest absolute Gasteiger partial charge is 0.504 e. The van der Waals surface area contributed by atoms with Gasteiger partial charge in [-0.3, -0.25) is 10.1 Å². The number of aromatic hydroxyl groups is 1. The summed E-state index contributed by atoms with van der Waals surface area (Å²) in [6, 6.07) is 13.6. The van der Waals surface area contributed by atoms with Crippen molar-refractivity contribution in [2.75, 3.05) is 12.4 Å². The van der Waals surface area contributed by atoms with Crippen molar-refractivity contribution in [1.29, 1.82) is 0 Å². The highest BCUT2D eigenvalue weighted by atomic mass is 127. The molecule has 0 atom stereocenters. The molecule has 0 aliphatic rings. The van der Waals surface area contributed by atoms with E-state index in [0.29, 0.717) is 17.0 Å². The Morgan fingerprint density at radius 3 is 2.54 bits per heavy atom. The topological polar surface area (TPSA) is 88.5 Å². The fourth-order valence-electron chi connectivity index (χ4n) is 2.47. The van der Waals surface area contributed by atoms with Crippen LogP contribution in [0.5, 0.6) is 5.75 Å². The third-order valence-electron chi connectivity index (χ3n) is 3.54. The Bertz CT molecular complexity index is 921. The second-order valence-corrected chi connectivity index (χ2v) is 6.30. The molecule has 2 aromatic carbocycles. The summed E-state index contributed by atoms with van der Waals surface area (Å²) in [4.78, 5) is 10.5. The lowest BCUT2D eigenvalue weighted by Gasteiger charge is -2.03. The maximum absolute atomic E-state index is 11.0. The van der Waals surface area contributed by atoms with E-state index in [9.17, 15) is 15.2 Å². The smallest absolute Gasteiger partial charge is 0.270 e. The molecule has 0 spiro atoms. The van der Waals surface area contributed by atoms with Gasteiger partial charge in [-0.1, -0.05) is 24.3 Å². The number of furan rings is 1. The van der Waals surface area contributed by atoms with Gasteiger partial charge in [-0.2, -0.15) is 0 Å². The number of hydrogen-bond acceptors (Lipinski definition) is 5. The van der Waals surface area contributed by atoms with Crippen molar-refractivity contribution in [1.82, 2.24) is 0 Å². The molecule has 3 rings (SSSR count). The number of rotatable bonds is 4. The van der Waals surface area contributed by atoms with Crippen molar-refractivity contribution in [2.24, 2.45) is 0 Å². The van der Waals surface area contributed by atoms with Crippen LogP contribution in [-0.2, 0) is 0 Å². The highest BCUT2D eigenvalue weighted by molar-refractivity contribution is 14.1. The van der Waals surface area contributed by atoms with Gasteiger partial charge >= 0.3 is 0 Å². The van der Waals surface area contributed by atoms with Gasteiger partial charge in [-0.15, -0.1) is 0 Å². The summed E-state index contributed by atoms with van der Waals surface area (Å²) in [5, 5.41) is 24.5. The average Bonchev–Trinajstić information content (AvgIpc) is 2.91. The lowest BCUT2D eigenvalue weighted by atomic mass is 10.0. The van der Waals surface area contributed by atoms with E-state index in [1.54, 1.807) is 19.2 Å². The average molecular weight is 436 g/mol. The minimum Gasteiger partial charge on any atom is -0.504 e. The first-order chi connectivity index (χ1) is 11.5. The van der Waals surface area contributed by atoms with Crippen molar-refractivity contribution in [2.45, 2.75) is 0 Å². The predicted molar refractivity (Wildman–Crippen MR) is 100 cm³/mol. The normalized spacial score (nSPS) is 10.6.